The van der Waals surface area contributed by atoms with Gasteiger partial charge in [0.25, 0.3) is 0 Å². The summed E-state index contributed by atoms with van der Waals surface area (Å²) in [5.41, 5.74) is 4.07. The van der Waals surface area contributed by atoms with Gasteiger partial charge in [0.15, 0.2) is 0 Å². The van der Waals surface area contributed by atoms with Crippen molar-refractivity contribution >= 4 is 11.9 Å². The number of para-hydroxylation sites is 1. The molecule has 0 bridgehead atoms. The van der Waals surface area contributed by atoms with Crippen LogP contribution >= 0.6 is 0 Å². The maximum atomic E-state index is 10.8. The summed E-state index contributed by atoms with van der Waals surface area (Å²) in [7, 11) is 0. The third-order valence-corrected chi connectivity index (χ3v) is 5.00. The molecule has 0 amide bonds. The monoisotopic (exact) mass is 307 g/mol. The first-order valence-electron chi connectivity index (χ1n) is 8.52. The van der Waals surface area contributed by atoms with E-state index in [2.05, 4.69) is 24.9 Å². The van der Waals surface area contributed by atoms with E-state index in [0.29, 0.717) is 5.75 Å². The average molecular weight is 307 g/mol. The third-order valence-electron chi connectivity index (χ3n) is 5.00. The second kappa shape index (κ2) is 6.57. The normalized spacial score (nSPS) is 17.5. The fraction of sp³-hybridized carbons (Fsp3) is 0.381. The Hall–Kier alpha value is -2.09. The quantitative estimate of drug-likeness (QED) is 0.728. The van der Waals surface area contributed by atoms with Crippen LogP contribution in [0.25, 0.3) is 0 Å². The zero-order valence-electron chi connectivity index (χ0n) is 14.0. The van der Waals surface area contributed by atoms with Crippen LogP contribution in [-0.2, 0) is 5.41 Å². The summed E-state index contributed by atoms with van der Waals surface area (Å²) in [5, 5.41) is 10.8. The molecule has 0 spiro atoms. The van der Waals surface area contributed by atoms with Crippen LogP contribution < -0.4 is 0 Å². The van der Waals surface area contributed by atoms with Gasteiger partial charge in [0.1, 0.15) is 5.75 Å². The van der Waals surface area contributed by atoms with Crippen molar-refractivity contribution < 1.29 is 5.11 Å². The molecule has 1 saturated carbocycles. The van der Waals surface area contributed by atoms with E-state index in [-0.39, 0.29) is 5.41 Å². The lowest BCUT2D eigenvalue weighted by Gasteiger charge is -2.35. The van der Waals surface area contributed by atoms with Gasteiger partial charge in [0, 0.05) is 17.3 Å². The molecule has 0 saturated heterocycles. The van der Waals surface area contributed by atoms with E-state index in [4.69, 9.17) is 0 Å². The molecule has 1 N–H and O–H groups in total. The molecule has 3 rings (SSSR count). The molecule has 2 nitrogen and oxygen atoms in total. The van der Waals surface area contributed by atoms with Crippen LogP contribution in [-0.4, -0.2) is 11.3 Å². The number of hydrogen-bond acceptors (Lipinski definition) is 2. The van der Waals surface area contributed by atoms with Gasteiger partial charge in [-0.05, 0) is 48.9 Å². The molecule has 1 aliphatic carbocycles. The summed E-state index contributed by atoms with van der Waals surface area (Å²) < 4.78 is 0. The van der Waals surface area contributed by atoms with Gasteiger partial charge in [-0.3, -0.25) is 4.99 Å². The first-order valence-corrected chi connectivity index (χ1v) is 8.52. The van der Waals surface area contributed by atoms with Crippen molar-refractivity contribution in [3.05, 3.63) is 59.2 Å². The highest BCUT2D eigenvalue weighted by Crippen LogP contribution is 2.43. The van der Waals surface area contributed by atoms with Gasteiger partial charge in [-0.2, -0.15) is 0 Å². The van der Waals surface area contributed by atoms with E-state index in [0.717, 1.165) is 29.7 Å². The molecule has 0 unspecified atom stereocenters. The van der Waals surface area contributed by atoms with E-state index in [9.17, 15) is 5.11 Å². The molecular formula is C21H25NO. The highest BCUT2D eigenvalue weighted by Gasteiger charge is 2.31. The van der Waals surface area contributed by atoms with E-state index >= 15 is 0 Å². The molecule has 2 aromatic carbocycles. The molecular weight excluding hydrogens is 282 g/mol. The Balaban J connectivity index is 1.97. The number of nitrogens with zero attached hydrogens (tertiary/aromatic N) is 1. The summed E-state index contributed by atoms with van der Waals surface area (Å²) in [6.07, 6.45) is 7.89. The highest BCUT2D eigenvalue weighted by molar-refractivity contribution is 5.86. The van der Waals surface area contributed by atoms with E-state index in [1.165, 1.54) is 24.8 Å². The topological polar surface area (TPSA) is 32.6 Å². The molecule has 0 aromatic heterocycles. The summed E-state index contributed by atoms with van der Waals surface area (Å²) in [6, 6.07) is 14.0. The van der Waals surface area contributed by atoms with Crippen molar-refractivity contribution in [1.82, 2.24) is 0 Å². The number of rotatable bonds is 3. The Labute approximate surface area is 138 Å². The van der Waals surface area contributed by atoms with Crippen molar-refractivity contribution in [1.29, 1.82) is 0 Å². The van der Waals surface area contributed by atoms with Gasteiger partial charge in [-0.1, -0.05) is 50.5 Å². The van der Waals surface area contributed by atoms with Crippen LogP contribution in [0.1, 0.15) is 55.7 Å². The van der Waals surface area contributed by atoms with E-state index in [1.807, 2.05) is 36.4 Å². The zero-order valence-corrected chi connectivity index (χ0v) is 14.0. The first-order chi connectivity index (χ1) is 11.1. The minimum absolute atomic E-state index is 0.0870. The van der Waals surface area contributed by atoms with Gasteiger partial charge in [0.2, 0.25) is 0 Å². The Kier molecular flexibility index (Phi) is 4.51. The largest absolute Gasteiger partial charge is 0.507 e. The van der Waals surface area contributed by atoms with E-state index in [1.54, 1.807) is 6.21 Å². The Morgan fingerprint density at radius 1 is 1.04 bits per heavy atom. The minimum Gasteiger partial charge on any atom is -0.507 e. The van der Waals surface area contributed by atoms with Gasteiger partial charge in [0.05, 0.1) is 5.69 Å². The van der Waals surface area contributed by atoms with Gasteiger partial charge in [-0.15, -0.1) is 0 Å². The maximum absolute atomic E-state index is 10.8. The van der Waals surface area contributed by atoms with Crippen molar-refractivity contribution in [2.24, 2.45) is 4.99 Å². The lowest BCUT2D eigenvalue weighted by molar-refractivity contribution is 0.308. The van der Waals surface area contributed by atoms with Gasteiger partial charge >= 0.3 is 0 Å². The summed E-state index contributed by atoms with van der Waals surface area (Å²) in [6.45, 7) is 4.38. The van der Waals surface area contributed by atoms with Crippen LogP contribution in [0.5, 0.6) is 5.75 Å². The minimum atomic E-state index is 0.0870. The standard InChI is InChI=1S/C21H25NO/c1-16-13-17(15-22-18-9-5-3-6-10-18)20(23)19(14-16)21(2)11-7-4-8-12-21/h3,5-6,9-10,13-15,23H,4,7-8,11-12H2,1-2H3. The fourth-order valence-electron chi connectivity index (χ4n) is 3.62. The zero-order chi connectivity index (χ0) is 16.3. The van der Waals surface area contributed by atoms with Crippen LogP contribution in [0.15, 0.2) is 47.5 Å². The van der Waals surface area contributed by atoms with Crippen LogP contribution in [0.3, 0.4) is 0 Å². The smallest absolute Gasteiger partial charge is 0.128 e. The Morgan fingerprint density at radius 3 is 2.43 bits per heavy atom. The average Bonchev–Trinajstić information content (AvgIpc) is 2.57. The summed E-state index contributed by atoms with van der Waals surface area (Å²) in [4.78, 5) is 4.50. The van der Waals surface area contributed by atoms with E-state index < -0.39 is 0 Å². The van der Waals surface area contributed by atoms with Gasteiger partial charge < -0.3 is 5.11 Å². The third kappa shape index (κ3) is 3.47. The predicted octanol–water partition coefficient (Wildman–Crippen LogP) is 5.67. The molecule has 1 aliphatic rings. The number of aryl methyl sites for hydroxylation is 1. The number of aliphatic imine (C=N–C) groups is 1. The summed E-state index contributed by atoms with van der Waals surface area (Å²) in [5.74, 6) is 0.402. The molecule has 2 heteroatoms. The van der Waals surface area contributed by atoms with Gasteiger partial charge in [-0.25, -0.2) is 0 Å². The van der Waals surface area contributed by atoms with Crippen molar-refractivity contribution in [2.45, 2.75) is 51.4 Å². The van der Waals surface area contributed by atoms with Crippen molar-refractivity contribution in [2.75, 3.05) is 0 Å². The molecule has 2 aromatic rings. The number of phenolic OH excluding ortho intramolecular Hbond substituents is 1. The molecule has 1 fully saturated rings. The van der Waals surface area contributed by atoms with Crippen LogP contribution in [0, 0.1) is 6.92 Å². The number of aromatic hydroxyl groups is 1. The van der Waals surface area contributed by atoms with Crippen LogP contribution in [0.2, 0.25) is 0 Å². The van der Waals surface area contributed by atoms with Crippen LogP contribution in [0.4, 0.5) is 5.69 Å². The molecule has 0 aliphatic heterocycles. The lowest BCUT2D eigenvalue weighted by Crippen LogP contribution is -2.25. The molecule has 0 radical (unpaired) electrons. The number of hydrogen-bond donors (Lipinski definition) is 1. The molecule has 0 heterocycles. The SMILES string of the molecule is Cc1cc(C=Nc2ccccc2)c(O)c(C2(C)CCCCC2)c1. The predicted molar refractivity (Wildman–Crippen MR) is 97.0 cm³/mol. The van der Waals surface area contributed by atoms with Crippen molar-refractivity contribution in [3.63, 3.8) is 0 Å². The lowest BCUT2D eigenvalue weighted by atomic mass is 9.70. The maximum Gasteiger partial charge on any atom is 0.128 e. The second-order valence-corrected chi connectivity index (χ2v) is 6.97. The summed E-state index contributed by atoms with van der Waals surface area (Å²) >= 11 is 0. The number of benzene rings is 2. The Morgan fingerprint density at radius 2 is 1.74 bits per heavy atom. The second-order valence-electron chi connectivity index (χ2n) is 6.97. The molecule has 0 atom stereocenters. The fourth-order valence-corrected chi connectivity index (χ4v) is 3.62. The molecule has 120 valence electrons. The number of phenols is 1. The molecule has 23 heavy (non-hydrogen) atoms. The van der Waals surface area contributed by atoms with Crippen molar-refractivity contribution in [3.8, 4) is 5.75 Å². The Bertz CT molecular complexity index is 697. The highest BCUT2D eigenvalue weighted by atomic mass is 16.3. The first kappa shape index (κ1) is 15.8.